The van der Waals surface area contributed by atoms with Crippen LogP contribution in [0.25, 0.3) is 0 Å². The van der Waals surface area contributed by atoms with Gasteiger partial charge in [0, 0.05) is 22.7 Å². The van der Waals surface area contributed by atoms with Crippen molar-refractivity contribution in [2.45, 2.75) is 56.1 Å². The van der Waals surface area contributed by atoms with Crippen LogP contribution in [0, 0.1) is 39.8 Å². The summed E-state index contributed by atoms with van der Waals surface area (Å²) in [7, 11) is -6.51. The first-order valence-electron chi connectivity index (χ1n) is 11.1. The highest BCUT2D eigenvalue weighted by Gasteiger charge is 2.67. The van der Waals surface area contributed by atoms with E-state index < -0.39 is 56.8 Å². The molecule has 206 valence electrons. The van der Waals surface area contributed by atoms with Gasteiger partial charge < -0.3 is 4.74 Å². The molecule has 0 aliphatic heterocycles. The van der Waals surface area contributed by atoms with Gasteiger partial charge in [-0.3, -0.25) is 14.1 Å². The molecule has 4 saturated carbocycles. The van der Waals surface area contributed by atoms with Crippen LogP contribution in [-0.4, -0.2) is 42.3 Å². The number of hydrogen-bond donors (Lipinski definition) is 1. The summed E-state index contributed by atoms with van der Waals surface area (Å²) in [4.78, 5) is 26.2. The summed E-state index contributed by atoms with van der Waals surface area (Å²) in [6.45, 7) is 0. The number of esters is 1. The topological polar surface area (TPSA) is 97.7 Å². The van der Waals surface area contributed by atoms with Gasteiger partial charge in [0.2, 0.25) is 0 Å². The molecule has 5 rings (SSSR count). The van der Waals surface area contributed by atoms with Gasteiger partial charge in [-0.15, -0.1) is 0 Å². The van der Waals surface area contributed by atoms with Gasteiger partial charge in [0.15, 0.2) is 5.78 Å². The second-order valence-corrected chi connectivity index (χ2v) is 15.2. The van der Waals surface area contributed by atoms with E-state index in [9.17, 15) is 40.0 Å². The largest absolute Gasteiger partial charge is 0.444 e. The molecule has 15 heteroatoms. The second kappa shape index (κ2) is 10.2. The highest BCUT2D eigenvalue weighted by molar-refractivity contribution is 14.1. The van der Waals surface area contributed by atoms with E-state index in [2.05, 4.69) is 72.5 Å². The molecule has 0 saturated heterocycles. The molecular formula is C22H20F5I3O6S. The first-order chi connectivity index (χ1) is 16.8. The number of benzene rings is 1. The highest BCUT2D eigenvalue weighted by Crippen LogP contribution is 2.64. The fourth-order valence-corrected chi connectivity index (χ4v) is 9.55. The molecule has 0 heterocycles. The van der Waals surface area contributed by atoms with Crippen LogP contribution < -0.4 is 0 Å². The van der Waals surface area contributed by atoms with Gasteiger partial charge in [-0.25, -0.2) is 0 Å². The predicted octanol–water partition coefficient (Wildman–Crippen LogP) is 6.47. The van der Waals surface area contributed by atoms with Crippen LogP contribution in [-0.2, 0) is 19.6 Å². The number of ketones is 1. The van der Waals surface area contributed by atoms with Gasteiger partial charge in [-0.05, 0) is 135 Å². The molecule has 0 amide bonds. The number of carbonyl (C=O) groups excluding carboxylic acids is 2. The van der Waals surface area contributed by atoms with Crippen LogP contribution in [0.5, 0.6) is 0 Å². The number of alkyl halides is 5. The molecule has 0 aromatic heterocycles. The number of Topliss-reactive ketones (excluding diaryl/α,β-unsaturated/α-hetero) is 1. The Balaban J connectivity index is 1.55. The fraction of sp³-hybridized carbons (Fsp3) is 0.636. The zero-order valence-corrected chi connectivity index (χ0v) is 26.0. The monoisotopic (exact) mass is 888 g/mol. The van der Waals surface area contributed by atoms with Crippen LogP contribution in [0.4, 0.5) is 22.0 Å². The second-order valence-electron chi connectivity index (χ2n) is 10.2. The molecule has 3 atom stereocenters. The molecule has 6 nitrogen and oxygen atoms in total. The van der Waals surface area contributed by atoms with E-state index in [-0.39, 0.29) is 18.1 Å². The first-order valence-corrected chi connectivity index (χ1v) is 15.8. The Morgan fingerprint density at radius 2 is 1.62 bits per heavy atom. The SMILES string of the molecule is O=C(CC12CC3CC(C1)C(C(=O)OC(C(F)(F)F)C(F)(F)S(=O)(=O)O)C(C3)C2)c1cc(I)cc(I)c1I. The third-order valence-corrected chi connectivity index (χ3v) is 12.3. The van der Waals surface area contributed by atoms with E-state index >= 15 is 0 Å². The molecule has 4 aliphatic rings. The van der Waals surface area contributed by atoms with Crippen LogP contribution >= 0.6 is 67.8 Å². The Morgan fingerprint density at radius 3 is 2.14 bits per heavy atom. The molecule has 4 fully saturated rings. The molecule has 0 radical (unpaired) electrons. The van der Waals surface area contributed by atoms with Gasteiger partial charge in [0.05, 0.1) is 5.92 Å². The Hall–Kier alpha value is 0.110. The van der Waals surface area contributed by atoms with Crippen molar-refractivity contribution in [3.8, 4) is 0 Å². The average molecular weight is 888 g/mol. The van der Waals surface area contributed by atoms with E-state index in [0.717, 1.165) is 17.1 Å². The Kier molecular flexibility index (Phi) is 8.28. The molecule has 4 aliphatic carbocycles. The van der Waals surface area contributed by atoms with E-state index in [1.54, 1.807) is 6.07 Å². The maximum atomic E-state index is 14.0. The molecule has 0 spiro atoms. The predicted molar refractivity (Wildman–Crippen MR) is 145 cm³/mol. The van der Waals surface area contributed by atoms with Crippen LogP contribution in [0.1, 0.15) is 48.9 Å². The Bertz CT molecular complexity index is 1220. The maximum absolute atomic E-state index is 14.0. The maximum Gasteiger partial charge on any atom is 0.432 e. The Labute approximate surface area is 250 Å². The summed E-state index contributed by atoms with van der Waals surface area (Å²) in [5, 5.41) is -5.76. The smallest absolute Gasteiger partial charge is 0.432 e. The lowest BCUT2D eigenvalue weighted by atomic mass is 9.45. The number of ether oxygens (including phenoxy) is 1. The minimum Gasteiger partial charge on any atom is -0.444 e. The lowest BCUT2D eigenvalue weighted by Crippen LogP contribution is -2.57. The highest BCUT2D eigenvalue weighted by atomic mass is 127. The zero-order chi connectivity index (χ0) is 27.7. The summed E-state index contributed by atoms with van der Waals surface area (Å²) in [6, 6.07) is 3.75. The van der Waals surface area contributed by atoms with Gasteiger partial charge in [-0.1, -0.05) is 0 Å². The normalized spacial score (nSPS) is 30.3. The third-order valence-electron chi connectivity index (χ3n) is 7.68. The lowest BCUT2D eigenvalue weighted by Gasteiger charge is -2.59. The van der Waals surface area contributed by atoms with Gasteiger partial charge >= 0.3 is 27.5 Å². The van der Waals surface area contributed by atoms with E-state index in [1.807, 2.05) is 6.07 Å². The third kappa shape index (κ3) is 5.80. The van der Waals surface area contributed by atoms with Crippen molar-refractivity contribution in [3.63, 3.8) is 0 Å². The van der Waals surface area contributed by atoms with E-state index in [1.165, 1.54) is 0 Å². The van der Waals surface area contributed by atoms with Crippen molar-refractivity contribution in [2.75, 3.05) is 0 Å². The lowest BCUT2D eigenvalue weighted by molar-refractivity contribution is -0.264. The van der Waals surface area contributed by atoms with Crippen molar-refractivity contribution in [1.82, 2.24) is 0 Å². The summed E-state index contributed by atoms with van der Waals surface area (Å²) >= 11 is 6.39. The van der Waals surface area contributed by atoms with E-state index in [4.69, 9.17) is 4.55 Å². The summed E-state index contributed by atoms with van der Waals surface area (Å²) in [5.41, 5.74) is 0.131. The van der Waals surface area contributed by atoms with Crippen molar-refractivity contribution < 1.29 is 49.2 Å². The quantitative estimate of drug-likeness (QED) is 0.0843. The minimum atomic E-state index is -6.51. The summed E-state index contributed by atoms with van der Waals surface area (Å²) in [5.74, 6) is -3.55. The van der Waals surface area contributed by atoms with E-state index in [0.29, 0.717) is 31.2 Å². The molecule has 1 aromatic rings. The van der Waals surface area contributed by atoms with Crippen molar-refractivity contribution in [2.24, 2.45) is 29.1 Å². The molecular weight excluding hydrogens is 868 g/mol. The van der Waals surface area contributed by atoms with Crippen molar-refractivity contribution >= 4 is 89.6 Å². The van der Waals surface area contributed by atoms with Gasteiger partial charge in [0.25, 0.3) is 6.10 Å². The molecule has 3 unspecified atom stereocenters. The number of rotatable bonds is 7. The molecule has 1 aromatic carbocycles. The minimum absolute atomic E-state index is 0.0631. The molecule has 1 N–H and O–H groups in total. The van der Waals surface area contributed by atoms with Crippen molar-refractivity contribution in [3.05, 3.63) is 28.4 Å². The fourth-order valence-electron chi connectivity index (χ4n) is 6.64. The standard InChI is InChI=1S/C22H20F5I3O6S/c23-21(24,25)19(22(26,27)37(33,34)35)36-18(32)16-10-1-9-2-11(16)7-20(5-9,6-10)8-15(31)13-3-12(28)4-14(29)17(13)30/h3-4,9-11,16,19H,1-2,5-8H2,(H,33,34,35). The average Bonchev–Trinajstić information content (AvgIpc) is 2.71. The number of halogens is 8. The van der Waals surface area contributed by atoms with Gasteiger partial charge in [-0.2, -0.15) is 30.4 Å². The van der Waals surface area contributed by atoms with Gasteiger partial charge in [0.1, 0.15) is 0 Å². The zero-order valence-electron chi connectivity index (χ0n) is 18.7. The molecule has 37 heavy (non-hydrogen) atoms. The molecule has 4 bridgehead atoms. The summed E-state index contributed by atoms with van der Waals surface area (Å²) < 4.78 is 105. The van der Waals surface area contributed by atoms with Crippen molar-refractivity contribution in [1.29, 1.82) is 0 Å². The van der Waals surface area contributed by atoms with Crippen LogP contribution in [0.15, 0.2) is 12.1 Å². The Morgan fingerprint density at radius 1 is 1.05 bits per heavy atom. The van der Waals surface area contributed by atoms with Crippen LogP contribution in [0.3, 0.4) is 0 Å². The number of hydrogen-bond acceptors (Lipinski definition) is 5. The van der Waals surface area contributed by atoms with Crippen LogP contribution in [0.2, 0.25) is 0 Å². The number of carbonyl (C=O) groups is 2. The first kappa shape index (κ1) is 30.1. The summed E-state index contributed by atoms with van der Waals surface area (Å²) in [6.07, 6.45) is -7.65.